The number of aromatic nitrogens is 4. The summed E-state index contributed by atoms with van der Waals surface area (Å²) in [5.74, 6) is 1.44. The first-order chi connectivity index (χ1) is 13.7. The van der Waals surface area contributed by atoms with Gasteiger partial charge in [0, 0.05) is 16.2 Å². The Bertz CT molecular complexity index is 1070. The van der Waals surface area contributed by atoms with Crippen LogP contribution in [0.1, 0.15) is 10.7 Å². The van der Waals surface area contributed by atoms with E-state index < -0.39 is 0 Å². The van der Waals surface area contributed by atoms with Gasteiger partial charge in [0.25, 0.3) is 0 Å². The molecule has 0 atom stereocenters. The zero-order valence-corrected chi connectivity index (χ0v) is 16.8. The Balaban J connectivity index is 1.32. The van der Waals surface area contributed by atoms with Crippen LogP contribution in [0.25, 0.3) is 11.4 Å². The van der Waals surface area contributed by atoms with Gasteiger partial charge in [0.1, 0.15) is 23.2 Å². The van der Waals surface area contributed by atoms with Crippen LogP contribution in [0.15, 0.2) is 59.1 Å². The SMILES string of the molecule is Fc1ccccc1-c1nc(SCc2csc(COc3ccc(Cl)cc3)n2)n[nH]1. The van der Waals surface area contributed by atoms with Crippen molar-refractivity contribution in [2.45, 2.75) is 17.5 Å². The van der Waals surface area contributed by atoms with Gasteiger partial charge in [-0.25, -0.2) is 14.4 Å². The van der Waals surface area contributed by atoms with Crippen molar-refractivity contribution in [1.29, 1.82) is 0 Å². The number of hydrogen-bond donors (Lipinski definition) is 1. The lowest BCUT2D eigenvalue weighted by Gasteiger charge is -2.03. The summed E-state index contributed by atoms with van der Waals surface area (Å²) in [4.78, 5) is 8.90. The van der Waals surface area contributed by atoms with Crippen molar-refractivity contribution in [2.24, 2.45) is 0 Å². The van der Waals surface area contributed by atoms with Crippen molar-refractivity contribution >= 4 is 34.7 Å². The smallest absolute Gasteiger partial charge is 0.209 e. The lowest BCUT2D eigenvalue weighted by Crippen LogP contribution is -1.95. The maximum atomic E-state index is 13.8. The Kier molecular flexibility index (Phi) is 5.90. The molecule has 2 aromatic carbocycles. The Morgan fingerprint density at radius 3 is 2.75 bits per heavy atom. The Morgan fingerprint density at radius 2 is 1.93 bits per heavy atom. The van der Waals surface area contributed by atoms with Crippen molar-refractivity contribution in [2.75, 3.05) is 0 Å². The number of benzene rings is 2. The van der Waals surface area contributed by atoms with E-state index >= 15 is 0 Å². The minimum Gasteiger partial charge on any atom is -0.486 e. The van der Waals surface area contributed by atoms with Crippen LogP contribution in [0.5, 0.6) is 5.75 Å². The van der Waals surface area contributed by atoms with Crippen molar-refractivity contribution in [3.63, 3.8) is 0 Å². The molecular weight excluding hydrogens is 419 g/mol. The Morgan fingerprint density at radius 1 is 1.11 bits per heavy atom. The molecule has 0 saturated heterocycles. The highest BCUT2D eigenvalue weighted by Gasteiger charge is 2.11. The molecule has 4 aromatic rings. The molecule has 142 valence electrons. The standard InChI is InChI=1S/C19H14ClFN4OS2/c20-12-5-7-14(8-6-12)26-9-17-22-13(10-27-17)11-28-19-23-18(24-25-19)15-3-1-2-4-16(15)21/h1-8,10H,9,11H2,(H,23,24,25). The molecular formula is C19H14ClFN4OS2. The van der Waals surface area contributed by atoms with Crippen LogP contribution in [0.3, 0.4) is 0 Å². The number of nitrogens with one attached hydrogen (secondary N) is 1. The van der Waals surface area contributed by atoms with Crippen LogP contribution in [-0.2, 0) is 12.4 Å². The van der Waals surface area contributed by atoms with Gasteiger partial charge in [-0.15, -0.1) is 16.4 Å². The van der Waals surface area contributed by atoms with Gasteiger partial charge in [0.05, 0.1) is 11.3 Å². The first-order valence-corrected chi connectivity index (χ1v) is 10.5. The molecule has 2 heterocycles. The normalized spacial score (nSPS) is 10.9. The molecule has 28 heavy (non-hydrogen) atoms. The third-order valence-corrected chi connectivity index (χ3v) is 5.72. The summed E-state index contributed by atoms with van der Waals surface area (Å²) in [6, 6.07) is 13.7. The van der Waals surface area contributed by atoms with E-state index in [0.717, 1.165) is 16.5 Å². The summed E-state index contributed by atoms with van der Waals surface area (Å²) < 4.78 is 19.5. The fraction of sp³-hybridized carbons (Fsp3) is 0.105. The van der Waals surface area contributed by atoms with Crippen molar-refractivity contribution < 1.29 is 9.13 Å². The second-order valence-corrected chi connectivity index (χ2v) is 8.03. The molecule has 0 aliphatic carbocycles. The summed E-state index contributed by atoms with van der Waals surface area (Å²) in [6.45, 7) is 0.398. The van der Waals surface area contributed by atoms with Crippen LogP contribution in [0, 0.1) is 5.82 Å². The van der Waals surface area contributed by atoms with Crippen molar-refractivity contribution in [3.8, 4) is 17.1 Å². The number of ether oxygens (including phenoxy) is 1. The molecule has 5 nitrogen and oxygen atoms in total. The lowest BCUT2D eigenvalue weighted by atomic mass is 10.2. The third kappa shape index (κ3) is 4.70. The zero-order valence-electron chi connectivity index (χ0n) is 14.4. The molecule has 0 radical (unpaired) electrons. The highest BCUT2D eigenvalue weighted by atomic mass is 35.5. The van der Waals surface area contributed by atoms with Crippen molar-refractivity contribution in [1.82, 2.24) is 20.2 Å². The third-order valence-electron chi connectivity index (χ3n) is 3.72. The van der Waals surface area contributed by atoms with Crippen LogP contribution in [0.2, 0.25) is 5.02 Å². The minimum atomic E-state index is -0.333. The van der Waals surface area contributed by atoms with E-state index in [9.17, 15) is 4.39 Å². The number of thiazole rings is 1. The lowest BCUT2D eigenvalue weighted by molar-refractivity contribution is 0.305. The van der Waals surface area contributed by atoms with Gasteiger partial charge in [-0.1, -0.05) is 35.5 Å². The first-order valence-electron chi connectivity index (χ1n) is 8.29. The maximum Gasteiger partial charge on any atom is 0.209 e. The highest BCUT2D eigenvalue weighted by molar-refractivity contribution is 7.98. The van der Waals surface area contributed by atoms with Gasteiger partial charge in [0.2, 0.25) is 5.16 Å². The highest BCUT2D eigenvalue weighted by Crippen LogP contribution is 2.25. The number of thioether (sulfide) groups is 1. The minimum absolute atomic E-state index is 0.333. The Labute approximate surface area is 174 Å². The predicted octanol–water partition coefficient (Wildman–Crippen LogP) is 5.59. The summed E-state index contributed by atoms with van der Waals surface area (Å²) in [7, 11) is 0. The molecule has 1 N–H and O–H groups in total. The second-order valence-electron chi connectivity index (χ2n) is 5.71. The molecule has 9 heteroatoms. The number of rotatable bonds is 7. The molecule has 2 aromatic heterocycles. The fourth-order valence-electron chi connectivity index (χ4n) is 2.38. The van der Waals surface area contributed by atoms with Crippen LogP contribution in [0.4, 0.5) is 4.39 Å². The summed E-state index contributed by atoms with van der Waals surface area (Å²) >= 11 is 8.84. The van der Waals surface area contributed by atoms with E-state index in [2.05, 4.69) is 20.2 Å². The second kappa shape index (κ2) is 8.72. The molecule has 0 unspecified atom stereocenters. The summed E-state index contributed by atoms with van der Waals surface area (Å²) in [5, 5.41) is 11.0. The molecule has 0 bridgehead atoms. The van der Waals surface area contributed by atoms with Crippen LogP contribution in [-0.4, -0.2) is 20.2 Å². The number of H-pyrrole nitrogens is 1. The summed E-state index contributed by atoms with van der Waals surface area (Å²) in [5.41, 5.74) is 1.32. The van der Waals surface area contributed by atoms with E-state index in [1.807, 2.05) is 17.5 Å². The average Bonchev–Trinajstić information content (AvgIpc) is 3.36. The van der Waals surface area contributed by atoms with Gasteiger partial charge in [-0.2, -0.15) is 0 Å². The van der Waals surface area contributed by atoms with E-state index in [0.29, 0.717) is 33.9 Å². The monoisotopic (exact) mass is 432 g/mol. The number of hydrogen-bond acceptors (Lipinski definition) is 6. The van der Waals surface area contributed by atoms with Crippen LogP contribution >= 0.6 is 34.7 Å². The zero-order chi connectivity index (χ0) is 19.3. The van der Waals surface area contributed by atoms with E-state index in [-0.39, 0.29) is 5.82 Å². The average molecular weight is 433 g/mol. The quantitative estimate of drug-likeness (QED) is 0.385. The van der Waals surface area contributed by atoms with Gasteiger partial charge < -0.3 is 4.74 Å². The topological polar surface area (TPSA) is 63.7 Å². The number of halogens is 2. The Hall–Kier alpha value is -2.42. The van der Waals surface area contributed by atoms with Gasteiger partial charge in [0.15, 0.2) is 5.82 Å². The van der Waals surface area contributed by atoms with E-state index in [4.69, 9.17) is 16.3 Å². The molecule has 4 rings (SSSR count). The summed E-state index contributed by atoms with van der Waals surface area (Å²) in [6.07, 6.45) is 0. The van der Waals surface area contributed by atoms with Gasteiger partial charge in [-0.05, 0) is 36.4 Å². The largest absolute Gasteiger partial charge is 0.486 e. The molecule has 0 saturated carbocycles. The molecule has 0 aliphatic rings. The maximum absolute atomic E-state index is 13.8. The number of aromatic amines is 1. The molecule has 0 spiro atoms. The molecule has 0 aliphatic heterocycles. The fourth-order valence-corrected chi connectivity index (χ4v) is 4.01. The van der Waals surface area contributed by atoms with E-state index in [1.54, 1.807) is 30.3 Å². The van der Waals surface area contributed by atoms with E-state index in [1.165, 1.54) is 29.2 Å². The van der Waals surface area contributed by atoms with Crippen LogP contribution < -0.4 is 4.74 Å². The van der Waals surface area contributed by atoms with Crippen molar-refractivity contribution in [3.05, 3.63) is 75.5 Å². The van der Waals surface area contributed by atoms with Gasteiger partial charge in [-0.3, -0.25) is 5.10 Å². The van der Waals surface area contributed by atoms with Gasteiger partial charge >= 0.3 is 0 Å². The predicted molar refractivity (Wildman–Crippen MR) is 109 cm³/mol. The molecule has 0 fully saturated rings. The first kappa shape index (κ1) is 18.9. The molecule has 0 amide bonds. The number of nitrogens with zero attached hydrogens (tertiary/aromatic N) is 3.